The van der Waals surface area contributed by atoms with Gasteiger partial charge in [0.1, 0.15) is 0 Å². The lowest BCUT2D eigenvalue weighted by Crippen LogP contribution is -2.56. The van der Waals surface area contributed by atoms with Crippen LogP contribution in [0.4, 0.5) is 0 Å². The molecule has 120 valence electrons. The zero-order valence-corrected chi connectivity index (χ0v) is 13.4. The molecule has 5 heteroatoms. The fourth-order valence-corrected chi connectivity index (χ4v) is 3.84. The molecule has 21 heavy (non-hydrogen) atoms. The van der Waals surface area contributed by atoms with Crippen LogP contribution in [0.5, 0.6) is 0 Å². The fraction of sp³-hybridized carbons (Fsp3) is 0.875. The van der Waals surface area contributed by atoms with Gasteiger partial charge in [0, 0.05) is 13.1 Å². The lowest BCUT2D eigenvalue weighted by molar-refractivity contribution is -0.149. The van der Waals surface area contributed by atoms with E-state index < -0.39 is 11.4 Å². The van der Waals surface area contributed by atoms with Crippen molar-refractivity contribution < 1.29 is 14.7 Å². The van der Waals surface area contributed by atoms with Crippen LogP contribution in [0.3, 0.4) is 0 Å². The number of nitrogens with one attached hydrogen (secondary N) is 1. The highest BCUT2D eigenvalue weighted by Gasteiger charge is 2.48. The van der Waals surface area contributed by atoms with Gasteiger partial charge >= 0.3 is 5.97 Å². The lowest BCUT2D eigenvalue weighted by Gasteiger charge is -2.40. The molecule has 2 unspecified atom stereocenters. The average Bonchev–Trinajstić information content (AvgIpc) is 2.84. The first-order valence-corrected chi connectivity index (χ1v) is 8.08. The first kappa shape index (κ1) is 16.3. The first-order chi connectivity index (χ1) is 9.82. The predicted molar refractivity (Wildman–Crippen MR) is 81.0 cm³/mol. The normalized spacial score (nSPS) is 32.1. The molecule has 0 spiro atoms. The quantitative estimate of drug-likeness (QED) is 0.831. The van der Waals surface area contributed by atoms with Crippen LogP contribution in [0.1, 0.15) is 52.9 Å². The van der Waals surface area contributed by atoms with E-state index in [0.717, 1.165) is 25.8 Å². The van der Waals surface area contributed by atoms with E-state index in [1.807, 2.05) is 6.92 Å². The van der Waals surface area contributed by atoms with Crippen LogP contribution in [0.15, 0.2) is 0 Å². The lowest BCUT2D eigenvalue weighted by atomic mass is 9.77. The molecule has 1 amide bonds. The first-order valence-electron chi connectivity index (χ1n) is 8.08. The molecule has 0 radical (unpaired) electrons. The number of rotatable bonds is 4. The van der Waals surface area contributed by atoms with Crippen molar-refractivity contribution in [3.05, 3.63) is 0 Å². The van der Waals surface area contributed by atoms with Gasteiger partial charge in [-0.1, -0.05) is 27.2 Å². The molecule has 0 aromatic carbocycles. The zero-order valence-electron chi connectivity index (χ0n) is 13.4. The maximum Gasteiger partial charge on any atom is 0.311 e. The summed E-state index contributed by atoms with van der Waals surface area (Å²) in [5, 5.41) is 12.9. The number of carboxylic acid groups (broad SMARTS) is 1. The number of likely N-dealkylation sites (tertiary alicyclic amines) is 1. The second-order valence-corrected chi connectivity index (χ2v) is 7.32. The molecular weight excluding hydrogens is 268 g/mol. The van der Waals surface area contributed by atoms with Crippen LogP contribution < -0.4 is 5.32 Å². The van der Waals surface area contributed by atoms with Crippen molar-refractivity contribution in [1.29, 1.82) is 0 Å². The van der Waals surface area contributed by atoms with Crippen LogP contribution >= 0.6 is 0 Å². The van der Waals surface area contributed by atoms with Gasteiger partial charge < -0.3 is 15.3 Å². The van der Waals surface area contributed by atoms with E-state index in [4.69, 9.17) is 0 Å². The largest absolute Gasteiger partial charge is 0.481 e. The van der Waals surface area contributed by atoms with Gasteiger partial charge in [-0.15, -0.1) is 0 Å². The fourth-order valence-electron chi connectivity index (χ4n) is 3.84. The van der Waals surface area contributed by atoms with E-state index >= 15 is 0 Å². The molecule has 0 bridgehead atoms. The van der Waals surface area contributed by atoms with Gasteiger partial charge in [-0.25, -0.2) is 0 Å². The molecule has 2 saturated heterocycles. The van der Waals surface area contributed by atoms with Crippen molar-refractivity contribution in [2.45, 2.75) is 58.9 Å². The molecule has 0 aromatic rings. The Kier molecular flexibility index (Phi) is 4.61. The van der Waals surface area contributed by atoms with Crippen molar-refractivity contribution in [2.24, 2.45) is 10.8 Å². The monoisotopic (exact) mass is 296 g/mol. The number of piperidine rings is 1. The summed E-state index contributed by atoms with van der Waals surface area (Å²) in [5.41, 5.74) is -0.794. The minimum atomic E-state index is -0.754. The third-order valence-corrected chi connectivity index (χ3v) is 5.22. The summed E-state index contributed by atoms with van der Waals surface area (Å²) < 4.78 is 0. The van der Waals surface area contributed by atoms with Gasteiger partial charge in [0.15, 0.2) is 0 Å². The van der Waals surface area contributed by atoms with E-state index in [-0.39, 0.29) is 17.4 Å². The number of hydrogen-bond acceptors (Lipinski definition) is 3. The maximum absolute atomic E-state index is 12.8. The summed E-state index contributed by atoms with van der Waals surface area (Å²) in [6, 6.07) is -0.183. The number of aliphatic carboxylic acids is 1. The van der Waals surface area contributed by atoms with Gasteiger partial charge in [0.05, 0.1) is 11.5 Å². The minimum Gasteiger partial charge on any atom is -0.481 e. The van der Waals surface area contributed by atoms with Crippen molar-refractivity contribution in [1.82, 2.24) is 10.2 Å². The van der Waals surface area contributed by atoms with Crippen LogP contribution in [-0.2, 0) is 9.59 Å². The highest BCUT2D eigenvalue weighted by atomic mass is 16.4. The molecular formula is C16H28N2O3. The Bertz CT molecular complexity index is 422. The molecule has 2 rings (SSSR count). The zero-order chi connectivity index (χ0) is 15.7. The van der Waals surface area contributed by atoms with Crippen LogP contribution in [0, 0.1) is 10.8 Å². The summed E-state index contributed by atoms with van der Waals surface area (Å²) in [5.74, 6) is -0.672. The van der Waals surface area contributed by atoms with E-state index in [9.17, 15) is 14.7 Å². The Balaban J connectivity index is 2.09. The minimum absolute atomic E-state index is 0.0609. The van der Waals surface area contributed by atoms with E-state index in [1.54, 1.807) is 4.90 Å². The number of nitrogens with zero attached hydrogens (tertiary/aromatic N) is 1. The Morgan fingerprint density at radius 1 is 1.33 bits per heavy atom. The Hall–Kier alpha value is -1.10. The summed E-state index contributed by atoms with van der Waals surface area (Å²) >= 11 is 0. The molecule has 2 atom stereocenters. The van der Waals surface area contributed by atoms with Crippen molar-refractivity contribution in [3.8, 4) is 0 Å². The second kappa shape index (κ2) is 5.95. The van der Waals surface area contributed by atoms with Crippen molar-refractivity contribution in [3.63, 3.8) is 0 Å². The third-order valence-electron chi connectivity index (χ3n) is 5.22. The number of amides is 1. The Morgan fingerprint density at radius 3 is 2.62 bits per heavy atom. The van der Waals surface area contributed by atoms with Crippen molar-refractivity contribution >= 4 is 11.9 Å². The molecule has 2 heterocycles. The van der Waals surface area contributed by atoms with Crippen LogP contribution in [-0.4, -0.2) is 47.6 Å². The van der Waals surface area contributed by atoms with Gasteiger partial charge in [-0.3, -0.25) is 9.59 Å². The standard InChI is InChI=1S/C16H28N2O3/c1-4-6-16(14(20)21)8-10-18(11-16)13(19)12-15(2,3)7-5-9-17-12/h12,17H,4-11H2,1-3H3,(H,20,21). The van der Waals surface area contributed by atoms with Gasteiger partial charge in [0.25, 0.3) is 0 Å². The highest BCUT2D eigenvalue weighted by molar-refractivity contribution is 5.85. The highest BCUT2D eigenvalue weighted by Crippen LogP contribution is 2.38. The smallest absolute Gasteiger partial charge is 0.311 e. The number of carbonyl (C=O) groups excluding carboxylic acids is 1. The number of hydrogen-bond donors (Lipinski definition) is 2. The topological polar surface area (TPSA) is 69.6 Å². The Morgan fingerprint density at radius 2 is 2.05 bits per heavy atom. The van der Waals surface area contributed by atoms with Crippen LogP contribution in [0.2, 0.25) is 0 Å². The van der Waals surface area contributed by atoms with Crippen molar-refractivity contribution in [2.75, 3.05) is 19.6 Å². The summed E-state index contributed by atoms with van der Waals surface area (Å²) in [6.07, 6.45) is 4.18. The molecule has 2 aliphatic heterocycles. The maximum atomic E-state index is 12.8. The number of carbonyl (C=O) groups is 2. The SMILES string of the molecule is CCCC1(C(=O)O)CCN(C(=O)C2NCCCC2(C)C)C1. The molecule has 0 aromatic heterocycles. The van der Waals surface area contributed by atoms with Gasteiger partial charge in [-0.2, -0.15) is 0 Å². The van der Waals surface area contributed by atoms with Gasteiger partial charge in [0.2, 0.25) is 5.91 Å². The second-order valence-electron chi connectivity index (χ2n) is 7.32. The van der Waals surface area contributed by atoms with E-state index in [1.165, 1.54) is 0 Å². The molecule has 0 saturated carbocycles. The van der Waals surface area contributed by atoms with Crippen LogP contribution in [0.25, 0.3) is 0 Å². The molecule has 2 N–H and O–H groups in total. The molecule has 2 aliphatic rings. The van der Waals surface area contributed by atoms with E-state index in [2.05, 4.69) is 19.2 Å². The average molecular weight is 296 g/mol. The van der Waals surface area contributed by atoms with E-state index in [0.29, 0.717) is 25.9 Å². The summed E-state index contributed by atoms with van der Waals surface area (Å²) in [7, 11) is 0. The predicted octanol–water partition coefficient (Wildman–Crippen LogP) is 1.87. The molecule has 5 nitrogen and oxygen atoms in total. The molecule has 2 fully saturated rings. The summed E-state index contributed by atoms with van der Waals surface area (Å²) in [4.78, 5) is 26.2. The van der Waals surface area contributed by atoms with Gasteiger partial charge in [-0.05, 0) is 37.6 Å². The summed E-state index contributed by atoms with van der Waals surface area (Å²) in [6.45, 7) is 8.04. The molecule has 0 aliphatic carbocycles. The number of carboxylic acids is 1. The third kappa shape index (κ3) is 3.07. The Labute approximate surface area is 127 Å².